The molecule has 16 heavy (non-hydrogen) atoms. The largest absolute Gasteiger partial charge is 0.330 e. The van der Waals surface area contributed by atoms with Gasteiger partial charge in [0.2, 0.25) is 5.65 Å². The van der Waals surface area contributed by atoms with E-state index in [1.165, 1.54) is 5.56 Å². The number of rotatable bonds is 2. The zero-order valence-electron chi connectivity index (χ0n) is 9.44. The van der Waals surface area contributed by atoms with Crippen LogP contribution in [-0.4, -0.2) is 26.9 Å². The molecular weight excluding hydrogens is 202 g/mol. The fourth-order valence-electron chi connectivity index (χ4n) is 2.77. The Morgan fingerprint density at radius 2 is 2.25 bits per heavy atom. The molecular formula is C11H15N5. The first-order valence-electron chi connectivity index (χ1n) is 5.51. The molecule has 0 radical (unpaired) electrons. The van der Waals surface area contributed by atoms with Gasteiger partial charge in [0.05, 0.1) is 0 Å². The molecule has 1 saturated carbocycles. The molecule has 0 aliphatic heterocycles. The van der Waals surface area contributed by atoms with Gasteiger partial charge < -0.3 is 5.73 Å². The molecule has 5 heteroatoms. The van der Waals surface area contributed by atoms with Crippen LogP contribution in [0.1, 0.15) is 25.3 Å². The Kier molecular flexibility index (Phi) is 1.83. The maximum atomic E-state index is 5.78. The smallest absolute Gasteiger partial charge is 0.201 e. The summed E-state index contributed by atoms with van der Waals surface area (Å²) in [6.07, 6.45) is 1.90. The van der Waals surface area contributed by atoms with E-state index in [0.29, 0.717) is 17.5 Å². The molecule has 0 unspecified atom stereocenters. The van der Waals surface area contributed by atoms with Crippen molar-refractivity contribution in [1.29, 1.82) is 0 Å². The van der Waals surface area contributed by atoms with Crippen molar-refractivity contribution >= 4 is 11.2 Å². The summed E-state index contributed by atoms with van der Waals surface area (Å²) in [4.78, 5) is 4.29. The number of nitrogens with two attached hydrogens (primary N) is 1. The summed E-state index contributed by atoms with van der Waals surface area (Å²) in [5.41, 5.74) is 8.79. The molecule has 2 atom stereocenters. The number of pyridine rings is 1. The van der Waals surface area contributed by atoms with Gasteiger partial charge >= 0.3 is 0 Å². The lowest BCUT2D eigenvalue weighted by molar-refractivity contribution is 0.558. The summed E-state index contributed by atoms with van der Waals surface area (Å²) in [5, 5.41) is 10.6. The third kappa shape index (κ3) is 1.18. The highest BCUT2D eigenvalue weighted by molar-refractivity contribution is 5.69. The number of hydrogen-bond donors (Lipinski definition) is 2. The van der Waals surface area contributed by atoms with Gasteiger partial charge in [-0.1, -0.05) is 13.8 Å². The average Bonchev–Trinajstić information content (AvgIpc) is 2.62. The summed E-state index contributed by atoms with van der Waals surface area (Å²) in [5.74, 6) is 1.06. The molecule has 84 valence electrons. The van der Waals surface area contributed by atoms with Crippen LogP contribution < -0.4 is 5.73 Å². The van der Waals surface area contributed by atoms with Crippen LogP contribution in [0.2, 0.25) is 0 Å². The molecule has 0 aromatic carbocycles. The van der Waals surface area contributed by atoms with Crippen LogP contribution in [0.25, 0.3) is 11.2 Å². The van der Waals surface area contributed by atoms with Gasteiger partial charge in [-0.25, -0.2) is 4.98 Å². The molecule has 0 spiro atoms. The number of aromatic nitrogens is 4. The molecule has 0 saturated heterocycles. The third-order valence-electron chi connectivity index (χ3n) is 3.86. The van der Waals surface area contributed by atoms with E-state index in [1.807, 2.05) is 6.20 Å². The van der Waals surface area contributed by atoms with Crippen molar-refractivity contribution in [3.05, 3.63) is 17.8 Å². The molecule has 1 fully saturated rings. The second kappa shape index (κ2) is 3.01. The molecule has 2 aromatic rings. The van der Waals surface area contributed by atoms with E-state index in [-0.39, 0.29) is 5.41 Å². The van der Waals surface area contributed by atoms with Crippen LogP contribution >= 0.6 is 0 Å². The number of hydrogen-bond acceptors (Lipinski definition) is 4. The summed E-state index contributed by atoms with van der Waals surface area (Å²) < 4.78 is 0. The standard InChI is InChI=1S/C11H15N5/c1-11(2)7(4-12)9(11)6-3-8-10(13-5-6)15-16-14-8/h3,5,7,9H,4,12H2,1-2H3,(H,13,14,15,16)/t7-,9-/m1/s1. The second-order valence-corrected chi connectivity index (χ2v) is 5.08. The number of H-pyrrole nitrogens is 1. The molecule has 3 N–H and O–H groups in total. The van der Waals surface area contributed by atoms with Crippen molar-refractivity contribution in [2.75, 3.05) is 6.54 Å². The fourth-order valence-corrected chi connectivity index (χ4v) is 2.77. The molecule has 5 nitrogen and oxygen atoms in total. The number of fused-ring (bicyclic) bond motifs is 1. The van der Waals surface area contributed by atoms with Gasteiger partial charge in [-0.15, -0.1) is 5.10 Å². The molecule has 0 bridgehead atoms. The predicted molar refractivity (Wildman–Crippen MR) is 60.8 cm³/mol. The minimum atomic E-state index is 0.286. The summed E-state index contributed by atoms with van der Waals surface area (Å²) in [6.45, 7) is 5.24. The molecule has 1 aliphatic rings. The van der Waals surface area contributed by atoms with E-state index in [9.17, 15) is 0 Å². The topological polar surface area (TPSA) is 80.5 Å². The molecule has 2 aromatic heterocycles. The van der Waals surface area contributed by atoms with E-state index >= 15 is 0 Å². The Hall–Kier alpha value is -1.49. The van der Waals surface area contributed by atoms with Crippen LogP contribution in [0.4, 0.5) is 0 Å². The Labute approximate surface area is 93.4 Å². The molecule has 2 heterocycles. The Morgan fingerprint density at radius 3 is 2.94 bits per heavy atom. The Balaban J connectivity index is 2.01. The minimum absolute atomic E-state index is 0.286. The molecule has 0 amide bonds. The van der Waals surface area contributed by atoms with Crippen molar-refractivity contribution < 1.29 is 0 Å². The van der Waals surface area contributed by atoms with E-state index in [0.717, 1.165) is 12.1 Å². The lowest BCUT2D eigenvalue weighted by Crippen LogP contribution is -2.05. The predicted octanol–water partition coefficient (Wildman–Crippen LogP) is 1.05. The van der Waals surface area contributed by atoms with Gasteiger partial charge in [-0.2, -0.15) is 10.3 Å². The van der Waals surface area contributed by atoms with Crippen molar-refractivity contribution in [3.63, 3.8) is 0 Å². The Bertz CT molecular complexity index is 530. The summed E-state index contributed by atoms with van der Waals surface area (Å²) in [7, 11) is 0. The summed E-state index contributed by atoms with van der Waals surface area (Å²) in [6, 6.07) is 2.06. The van der Waals surface area contributed by atoms with Crippen LogP contribution in [-0.2, 0) is 0 Å². The monoisotopic (exact) mass is 217 g/mol. The first-order valence-corrected chi connectivity index (χ1v) is 5.51. The van der Waals surface area contributed by atoms with Crippen molar-refractivity contribution in [2.45, 2.75) is 19.8 Å². The lowest BCUT2D eigenvalue weighted by Gasteiger charge is -2.01. The highest BCUT2D eigenvalue weighted by Crippen LogP contribution is 2.63. The van der Waals surface area contributed by atoms with Gasteiger partial charge in [0.15, 0.2) is 0 Å². The quantitative estimate of drug-likeness (QED) is 0.788. The van der Waals surface area contributed by atoms with Crippen LogP contribution in [0.15, 0.2) is 12.3 Å². The van der Waals surface area contributed by atoms with E-state index in [4.69, 9.17) is 5.73 Å². The number of nitrogens with one attached hydrogen (secondary N) is 1. The van der Waals surface area contributed by atoms with Crippen molar-refractivity contribution in [2.24, 2.45) is 17.1 Å². The SMILES string of the molecule is CC1(C)[C@H](CN)[C@H]1c1cnc2n[nH]nc2c1. The average molecular weight is 217 g/mol. The third-order valence-corrected chi connectivity index (χ3v) is 3.86. The molecule has 3 rings (SSSR count). The zero-order valence-corrected chi connectivity index (χ0v) is 9.44. The summed E-state index contributed by atoms with van der Waals surface area (Å²) >= 11 is 0. The van der Waals surface area contributed by atoms with Crippen molar-refractivity contribution in [1.82, 2.24) is 20.4 Å². The Morgan fingerprint density at radius 1 is 1.44 bits per heavy atom. The highest BCUT2D eigenvalue weighted by atomic mass is 15.3. The first-order chi connectivity index (χ1) is 7.64. The minimum Gasteiger partial charge on any atom is -0.330 e. The van der Waals surface area contributed by atoms with E-state index in [1.54, 1.807) is 0 Å². The fraction of sp³-hybridized carbons (Fsp3) is 0.545. The van der Waals surface area contributed by atoms with Gasteiger partial charge in [-0.3, -0.25) is 0 Å². The molecule has 1 aliphatic carbocycles. The van der Waals surface area contributed by atoms with Gasteiger partial charge in [-0.05, 0) is 35.4 Å². The van der Waals surface area contributed by atoms with E-state index in [2.05, 4.69) is 40.3 Å². The number of aromatic amines is 1. The zero-order chi connectivity index (χ0) is 11.3. The first kappa shape index (κ1) is 9.72. The lowest BCUT2D eigenvalue weighted by atomic mass is 10.0. The maximum absolute atomic E-state index is 5.78. The van der Waals surface area contributed by atoms with E-state index < -0.39 is 0 Å². The van der Waals surface area contributed by atoms with Crippen molar-refractivity contribution in [3.8, 4) is 0 Å². The van der Waals surface area contributed by atoms with Crippen LogP contribution in [0.3, 0.4) is 0 Å². The van der Waals surface area contributed by atoms with Gasteiger partial charge in [0, 0.05) is 6.20 Å². The maximum Gasteiger partial charge on any atom is 0.201 e. The van der Waals surface area contributed by atoms with Crippen LogP contribution in [0.5, 0.6) is 0 Å². The normalized spacial score (nSPS) is 27.2. The number of nitrogens with zero attached hydrogens (tertiary/aromatic N) is 3. The second-order valence-electron chi connectivity index (χ2n) is 5.08. The van der Waals surface area contributed by atoms with Gasteiger partial charge in [0.1, 0.15) is 5.52 Å². The highest BCUT2D eigenvalue weighted by Gasteiger charge is 2.57. The van der Waals surface area contributed by atoms with Crippen LogP contribution in [0, 0.1) is 11.3 Å². The van der Waals surface area contributed by atoms with Gasteiger partial charge in [0.25, 0.3) is 0 Å².